The van der Waals surface area contributed by atoms with Crippen LogP contribution in [0.5, 0.6) is 5.75 Å². The maximum atomic E-state index is 14.1. The van der Waals surface area contributed by atoms with Crippen LogP contribution in [-0.4, -0.2) is 54.0 Å². The number of likely N-dealkylation sites (tertiary alicyclic amines) is 1. The molecule has 2 unspecified atom stereocenters. The Morgan fingerprint density at radius 3 is 2.42 bits per heavy atom. The number of benzene rings is 3. The Bertz CT molecular complexity index is 1650. The SMILES string of the molecule is COc1ccc(S(=O)(=O)n2c(=O)n(C(C(=O)N3CCCC(N)C3)c3ccccc3)c3cc(Cl)ccc32)cc1. The Hall–Kier alpha value is -3.60. The third kappa shape index (κ3) is 4.59. The van der Waals surface area contributed by atoms with Crippen LogP contribution in [0.4, 0.5) is 0 Å². The van der Waals surface area contributed by atoms with Crippen LogP contribution in [0.15, 0.2) is 82.5 Å². The number of imidazole rings is 1. The number of ether oxygens (including phenoxy) is 1. The number of carbonyl (C=O) groups excluding carboxylic acids is 1. The first kappa shape index (κ1) is 26.0. The van der Waals surface area contributed by atoms with Gasteiger partial charge in [0.05, 0.1) is 23.0 Å². The quantitative estimate of drug-likeness (QED) is 0.391. The van der Waals surface area contributed by atoms with Crippen LogP contribution in [0.3, 0.4) is 0 Å². The minimum atomic E-state index is -4.35. The highest BCUT2D eigenvalue weighted by Crippen LogP contribution is 2.30. The molecule has 2 N–H and O–H groups in total. The molecule has 0 radical (unpaired) electrons. The average molecular weight is 555 g/mol. The van der Waals surface area contributed by atoms with Gasteiger partial charge in [0.1, 0.15) is 11.8 Å². The number of carbonyl (C=O) groups is 1. The molecular formula is C27H27ClN4O5S. The maximum Gasteiger partial charge on any atom is 0.344 e. The number of nitrogens with zero attached hydrogens (tertiary/aromatic N) is 3. The van der Waals surface area contributed by atoms with Crippen molar-refractivity contribution in [3.8, 4) is 5.75 Å². The molecule has 1 aromatic heterocycles. The topological polar surface area (TPSA) is 117 Å². The highest BCUT2D eigenvalue weighted by molar-refractivity contribution is 7.90. The number of fused-ring (bicyclic) bond motifs is 1. The van der Waals surface area contributed by atoms with Crippen molar-refractivity contribution in [3.05, 3.63) is 93.9 Å². The Morgan fingerprint density at radius 1 is 1.05 bits per heavy atom. The first-order valence-corrected chi connectivity index (χ1v) is 14.0. The first-order chi connectivity index (χ1) is 18.2. The van der Waals surface area contributed by atoms with Gasteiger partial charge in [-0.1, -0.05) is 41.9 Å². The van der Waals surface area contributed by atoms with E-state index in [9.17, 15) is 18.0 Å². The lowest BCUT2D eigenvalue weighted by Crippen LogP contribution is -2.49. The van der Waals surface area contributed by atoms with Gasteiger partial charge in [-0.05, 0) is 60.9 Å². The van der Waals surface area contributed by atoms with E-state index in [1.54, 1.807) is 35.2 Å². The Kier molecular flexibility index (Phi) is 7.04. The molecule has 1 aliphatic heterocycles. The van der Waals surface area contributed by atoms with Crippen molar-refractivity contribution in [2.24, 2.45) is 5.73 Å². The second-order valence-corrected chi connectivity index (χ2v) is 11.5. The zero-order valence-electron chi connectivity index (χ0n) is 20.7. The summed E-state index contributed by atoms with van der Waals surface area (Å²) in [6.45, 7) is 0.842. The number of amides is 1. The molecule has 0 bridgehead atoms. The average Bonchev–Trinajstić information content (AvgIpc) is 3.21. The summed E-state index contributed by atoms with van der Waals surface area (Å²) in [4.78, 5) is 29.7. The molecule has 1 fully saturated rings. The molecule has 1 saturated heterocycles. The number of piperidine rings is 1. The molecule has 9 nitrogen and oxygen atoms in total. The standard InChI is InChI=1S/C27H27ClN4O5S/c1-37-21-10-12-22(13-11-21)38(35,36)32-23-14-9-19(28)16-24(23)31(27(32)34)25(18-6-3-2-4-7-18)26(33)30-15-5-8-20(29)17-30/h2-4,6-7,9-14,16,20,25H,5,8,15,17,29H2,1H3. The van der Waals surface area contributed by atoms with Crippen molar-refractivity contribution in [2.75, 3.05) is 20.2 Å². The van der Waals surface area contributed by atoms with Gasteiger partial charge < -0.3 is 15.4 Å². The number of nitrogens with two attached hydrogens (primary N) is 1. The Balaban J connectivity index is 1.76. The van der Waals surface area contributed by atoms with Gasteiger partial charge in [-0.25, -0.2) is 13.2 Å². The third-order valence-electron chi connectivity index (χ3n) is 6.77. The normalized spacial score (nSPS) is 16.9. The molecule has 4 aromatic rings. The van der Waals surface area contributed by atoms with Gasteiger partial charge in [-0.3, -0.25) is 9.36 Å². The summed E-state index contributed by atoms with van der Waals surface area (Å²) < 4.78 is 34.7. The molecule has 2 atom stereocenters. The Labute approximate surface area is 225 Å². The summed E-state index contributed by atoms with van der Waals surface area (Å²) in [5, 5.41) is 0.296. The lowest BCUT2D eigenvalue weighted by Gasteiger charge is -2.34. The number of rotatable bonds is 6. The number of hydrogen-bond acceptors (Lipinski definition) is 6. The second kappa shape index (κ2) is 10.3. The van der Waals surface area contributed by atoms with E-state index in [0.717, 1.165) is 16.8 Å². The van der Waals surface area contributed by atoms with E-state index in [1.807, 2.05) is 0 Å². The molecule has 198 valence electrons. The predicted octanol–water partition coefficient (Wildman–Crippen LogP) is 3.24. The van der Waals surface area contributed by atoms with Gasteiger partial charge in [0, 0.05) is 24.2 Å². The van der Waals surface area contributed by atoms with Gasteiger partial charge >= 0.3 is 5.69 Å². The van der Waals surface area contributed by atoms with E-state index in [0.29, 0.717) is 29.4 Å². The molecule has 3 aromatic carbocycles. The van der Waals surface area contributed by atoms with Crippen molar-refractivity contribution in [1.29, 1.82) is 0 Å². The van der Waals surface area contributed by atoms with Gasteiger partial charge in [0.25, 0.3) is 15.9 Å². The molecular weight excluding hydrogens is 528 g/mol. The summed E-state index contributed by atoms with van der Waals surface area (Å²) >= 11 is 6.32. The maximum absolute atomic E-state index is 14.1. The van der Waals surface area contributed by atoms with E-state index < -0.39 is 21.8 Å². The lowest BCUT2D eigenvalue weighted by molar-refractivity contribution is -0.134. The number of methoxy groups -OCH3 is 1. The number of halogens is 1. The summed E-state index contributed by atoms with van der Waals surface area (Å²) in [5.74, 6) is 0.134. The summed E-state index contributed by atoms with van der Waals surface area (Å²) in [6.07, 6.45) is 1.54. The zero-order chi connectivity index (χ0) is 27.0. The van der Waals surface area contributed by atoms with Crippen LogP contribution in [0.1, 0.15) is 24.4 Å². The second-order valence-electron chi connectivity index (χ2n) is 9.23. The minimum Gasteiger partial charge on any atom is -0.497 e. The van der Waals surface area contributed by atoms with E-state index in [2.05, 4.69) is 0 Å². The van der Waals surface area contributed by atoms with Gasteiger partial charge in [0.2, 0.25) is 0 Å². The van der Waals surface area contributed by atoms with Gasteiger partial charge in [0.15, 0.2) is 0 Å². The third-order valence-corrected chi connectivity index (χ3v) is 8.71. The first-order valence-electron chi connectivity index (χ1n) is 12.1. The molecule has 5 rings (SSSR count). The number of aromatic nitrogens is 2. The van der Waals surface area contributed by atoms with Gasteiger partial charge in [-0.15, -0.1) is 0 Å². The van der Waals surface area contributed by atoms with E-state index in [-0.39, 0.29) is 27.9 Å². The van der Waals surface area contributed by atoms with E-state index >= 15 is 0 Å². The fourth-order valence-corrected chi connectivity index (χ4v) is 6.48. The molecule has 0 aliphatic carbocycles. The zero-order valence-corrected chi connectivity index (χ0v) is 22.2. The summed E-state index contributed by atoms with van der Waals surface area (Å²) in [5.41, 5.74) is 6.16. The molecule has 2 heterocycles. The molecule has 0 saturated carbocycles. The van der Waals surface area contributed by atoms with Gasteiger partial charge in [-0.2, -0.15) is 3.97 Å². The van der Waals surface area contributed by atoms with Crippen LogP contribution in [0, 0.1) is 0 Å². The van der Waals surface area contributed by atoms with E-state index in [4.69, 9.17) is 22.1 Å². The summed E-state index contributed by atoms with van der Waals surface area (Å²) in [7, 11) is -2.87. The fourth-order valence-electron chi connectivity index (χ4n) is 4.92. The largest absolute Gasteiger partial charge is 0.497 e. The monoisotopic (exact) mass is 554 g/mol. The molecule has 0 spiro atoms. The highest BCUT2D eigenvalue weighted by Gasteiger charge is 2.35. The van der Waals surface area contributed by atoms with Crippen molar-refractivity contribution in [3.63, 3.8) is 0 Å². The fraction of sp³-hybridized carbons (Fsp3) is 0.259. The minimum absolute atomic E-state index is 0.0982. The number of hydrogen-bond donors (Lipinski definition) is 1. The van der Waals surface area contributed by atoms with Crippen LogP contribution in [-0.2, 0) is 14.8 Å². The molecule has 1 amide bonds. The Morgan fingerprint density at radius 2 is 1.76 bits per heavy atom. The lowest BCUT2D eigenvalue weighted by atomic mass is 10.0. The molecule has 1 aliphatic rings. The summed E-state index contributed by atoms with van der Waals surface area (Å²) in [6, 6.07) is 17.8. The van der Waals surface area contributed by atoms with Crippen LogP contribution in [0.2, 0.25) is 5.02 Å². The van der Waals surface area contributed by atoms with Crippen LogP contribution >= 0.6 is 11.6 Å². The van der Waals surface area contributed by atoms with Crippen LogP contribution in [0.25, 0.3) is 11.0 Å². The van der Waals surface area contributed by atoms with Crippen molar-refractivity contribution in [2.45, 2.75) is 29.8 Å². The highest BCUT2D eigenvalue weighted by atomic mass is 35.5. The molecule has 11 heteroatoms. The smallest absolute Gasteiger partial charge is 0.344 e. The predicted molar refractivity (Wildman–Crippen MR) is 145 cm³/mol. The van der Waals surface area contributed by atoms with Crippen LogP contribution < -0.4 is 16.2 Å². The van der Waals surface area contributed by atoms with E-state index in [1.165, 1.54) is 54.1 Å². The van der Waals surface area contributed by atoms with Crippen molar-refractivity contribution in [1.82, 2.24) is 13.4 Å². The van der Waals surface area contributed by atoms with Crippen molar-refractivity contribution < 1.29 is 17.9 Å². The van der Waals surface area contributed by atoms with Crippen molar-refractivity contribution >= 4 is 38.6 Å². The molecule has 38 heavy (non-hydrogen) atoms.